The second kappa shape index (κ2) is 5.56. The van der Waals surface area contributed by atoms with Gasteiger partial charge in [0.25, 0.3) is 5.91 Å². The zero-order chi connectivity index (χ0) is 13.8. The van der Waals surface area contributed by atoms with Gasteiger partial charge in [-0.1, -0.05) is 18.2 Å². The molecule has 0 aliphatic heterocycles. The van der Waals surface area contributed by atoms with E-state index in [-0.39, 0.29) is 11.7 Å². The summed E-state index contributed by atoms with van der Waals surface area (Å²) < 4.78 is 5.43. The normalized spacial score (nSPS) is 12.1. The van der Waals surface area contributed by atoms with Crippen molar-refractivity contribution in [3.8, 4) is 0 Å². The number of nitrogens with one attached hydrogen (secondary N) is 2. The Morgan fingerprint density at radius 2 is 2.05 bits per heavy atom. The van der Waals surface area contributed by atoms with E-state index in [0.29, 0.717) is 12.1 Å². The first-order chi connectivity index (χ1) is 9.11. The Labute approximate surface area is 111 Å². The average molecular weight is 260 g/mol. The molecule has 0 saturated carbocycles. The predicted molar refractivity (Wildman–Crippen MR) is 71.8 cm³/mol. The Kier molecular flexibility index (Phi) is 3.85. The third-order valence-electron chi connectivity index (χ3n) is 2.74. The highest BCUT2D eigenvalue weighted by atomic mass is 16.3. The van der Waals surface area contributed by atoms with E-state index in [1.54, 1.807) is 19.1 Å². The highest BCUT2D eigenvalue weighted by Gasteiger charge is 2.18. The van der Waals surface area contributed by atoms with Crippen LogP contribution in [-0.4, -0.2) is 24.4 Å². The maximum Gasteiger partial charge on any atom is 0.287 e. The number of para-hydroxylation sites is 1. The van der Waals surface area contributed by atoms with E-state index in [9.17, 15) is 9.59 Å². The van der Waals surface area contributed by atoms with Crippen LogP contribution in [0, 0.1) is 0 Å². The molecule has 1 heterocycles. The molecule has 2 rings (SSSR count). The molecule has 0 unspecified atom stereocenters. The molecular formula is C14H16N2O3. The van der Waals surface area contributed by atoms with Gasteiger partial charge in [-0.15, -0.1) is 0 Å². The Hall–Kier alpha value is -2.30. The van der Waals surface area contributed by atoms with Crippen molar-refractivity contribution in [2.45, 2.75) is 19.9 Å². The number of furan rings is 1. The van der Waals surface area contributed by atoms with Crippen molar-refractivity contribution in [1.82, 2.24) is 10.6 Å². The van der Waals surface area contributed by atoms with Crippen molar-refractivity contribution in [2.24, 2.45) is 0 Å². The fourth-order valence-electron chi connectivity index (χ4n) is 1.75. The minimum absolute atomic E-state index is 0.206. The molecule has 0 spiro atoms. The summed E-state index contributed by atoms with van der Waals surface area (Å²) in [6, 6.07) is 8.43. The lowest BCUT2D eigenvalue weighted by atomic mass is 10.2. The van der Waals surface area contributed by atoms with E-state index in [2.05, 4.69) is 10.6 Å². The molecule has 2 aromatic rings. The minimum atomic E-state index is -0.597. The van der Waals surface area contributed by atoms with Crippen LogP contribution in [0.15, 0.2) is 34.7 Å². The monoisotopic (exact) mass is 260 g/mol. The lowest BCUT2D eigenvalue weighted by Crippen LogP contribution is -2.44. The van der Waals surface area contributed by atoms with Crippen LogP contribution >= 0.6 is 0 Å². The van der Waals surface area contributed by atoms with Crippen LogP contribution in [0.3, 0.4) is 0 Å². The van der Waals surface area contributed by atoms with E-state index >= 15 is 0 Å². The molecule has 1 aromatic heterocycles. The molecule has 0 saturated heterocycles. The molecule has 19 heavy (non-hydrogen) atoms. The summed E-state index contributed by atoms with van der Waals surface area (Å²) >= 11 is 0. The van der Waals surface area contributed by atoms with Crippen molar-refractivity contribution in [3.63, 3.8) is 0 Å². The van der Waals surface area contributed by atoms with Gasteiger partial charge in [0, 0.05) is 11.9 Å². The summed E-state index contributed by atoms with van der Waals surface area (Å²) in [5, 5.41) is 6.10. The third-order valence-corrected chi connectivity index (χ3v) is 2.74. The zero-order valence-electron chi connectivity index (χ0n) is 10.9. The van der Waals surface area contributed by atoms with Crippen molar-refractivity contribution < 1.29 is 14.0 Å². The van der Waals surface area contributed by atoms with Gasteiger partial charge in [-0.25, -0.2) is 0 Å². The summed E-state index contributed by atoms with van der Waals surface area (Å²) in [5.74, 6) is -0.403. The van der Waals surface area contributed by atoms with E-state index < -0.39 is 11.9 Å². The van der Waals surface area contributed by atoms with Crippen molar-refractivity contribution in [1.29, 1.82) is 0 Å². The van der Waals surface area contributed by atoms with Gasteiger partial charge in [-0.3, -0.25) is 9.59 Å². The quantitative estimate of drug-likeness (QED) is 0.878. The molecule has 0 bridgehead atoms. The van der Waals surface area contributed by atoms with Crippen LogP contribution in [0.4, 0.5) is 0 Å². The molecule has 2 N–H and O–H groups in total. The van der Waals surface area contributed by atoms with Crippen molar-refractivity contribution in [3.05, 3.63) is 36.1 Å². The first kappa shape index (κ1) is 13.1. The van der Waals surface area contributed by atoms with Crippen molar-refractivity contribution >= 4 is 22.8 Å². The van der Waals surface area contributed by atoms with Gasteiger partial charge < -0.3 is 15.1 Å². The molecule has 1 atom stereocenters. The number of hydrogen-bond acceptors (Lipinski definition) is 3. The summed E-state index contributed by atoms with van der Waals surface area (Å²) in [4.78, 5) is 23.5. The number of carbonyl (C=O) groups excluding carboxylic acids is 2. The first-order valence-corrected chi connectivity index (χ1v) is 6.19. The maximum absolute atomic E-state index is 11.9. The number of carbonyl (C=O) groups is 2. The van der Waals surface area contributed by atoms with E-state index in [4.69, 9.17) is 4.42 Å². The van der Waals surface area contributed by atoms with Gasteiger partial charge in [0.15, 0.2) is 5.76 Å². The van der Waals surface area contributed by atoms with Gasteiger partial charge in [0.2, 0.25) is 5.91 Å². The molecule has 2 amide bonds. The fourth-order valence-corrected chi connectivity index (χ4v) is 1.75. The molecular weight excluding hydrogens is 244 g/mol. The number of fused-ring (bicyclic) bond motifs is 1. The Balaban J connectivity index is 2.09. The lowest BCUT2D eigenvalue weighted by Gasteiger charge is -2.11. The Morgan fingerprint density at radius 1 is 1.32 bits per heavy atom. The van der Waals surface area contributed by atoms with Crippen LogP contribution in [0.25, 0.3) is 11.0 Å². The topological polar surface area (TPSA) is 71.3 Å². The van der Waals surface area contributed by atoms with Gasteiger partial charge in [0.05, 0.1) is 0 Å². The van der Waals surface area contributed by atoms with Gasteiger partial charge >= 0.3 is 0 Å². The number of likely N-dealkylation sites (N-methyl/N-ethyl adjacent to an activating group) is 1. The number of rotatable bonds is 4. The third kappa shape index (κ3) is 2.93. The summed E-state index contributed by atoms with van der Waals surface area (Å²) in [5.41, 5.74) is 0.651. The number of benzene rings is 1. The second-order valence-corrected chi connectivity index (χ2v) is 4.24. The lowest BCUT2D eigenvalue weighted by molar-refractivity contribution is -0.122. The molecule has 0 aliphatic carbocycles. The molecule has 100 valence electrons. The van der Waals surface area contributed by atoms with E-state index in [1.165, 1.54) is 0 Å². The van der Waals surface area contributed by atoms with Crippen LogP contribution in [0.1, 0.15) is 24.4 Å². The fraction of sp³-hybridized carbons (Fsp3) is 0.286. The number of hydrogen-bond donors (Lipinski definition) is 2. The number of amides is 2. The molecule has 0 aliphatic rings. The minimum Gasteiger partial charge on any atom is -0.451 e. The highest BCUT2D eigenvalue weighted by molar-refractivity contribution is 5.98. The van der Waals surface area contributed by atoms with E-state index in [0.717, 1.165) is 5.39 Å². The summed E-state index contributed by atoms with van der Waals surface area (Å²) in [6.07, 6.45) is 0. The molecule has 5 heteroatoms. The largest absolute Gasteiger partial charge is 0.451 e. The van der Waals surface area contributed by atoms with Crippen LogP contribution in [0.2, 0.25) is 0 Å². The molecule has 1 aromatic carbocycles. The standard InChI is InChI=1S/C14H16N2O3/c1-3-15-13(17)9(2)16-14(18)12-8-10-6-4-5-7-11(10)19-12/h4-9H,3H2,1-2H3,(H,15,17)(H,16,18)/t9-/m0/s1. The smallest absolute Gasteiger partial charge is 0.287 e. The highest BCUT2D eigenvalue weighted by Crippen LogP contribution is 2.18. The Bertz CT molecular complexity index is 571. The van der Waals surface area contributed by atoms with Crippen LogP contribution in [0.5, 0.6) is 0 Å². The molecule has 0 radical (unpaired) electrons. The van der Waals surface area contributed by atoms with Gasteiger partial charge in [-0.05, 0) is 26.0 Å². The van der Waals surface area contributed by atoms with Crippen molar-refractivity contribution in [2.75, 3.05) is 6.54 Å². The van der Waals surface area contributed by atoms with Crippen LogP contribution < -0.4 is 10.6 Å². The van der Waals surface area contributed by atoms with Crippen LogP contribution in [-0.2, 0) is 4.79 Å². The van der Waals surface area contributed by atoms with E-state index in [1.807, 2.05) is 25.1 Å². The van der Waals surface area contributed by atoms with Gasteiger partial charge in [0.1, 0.15) is 11.6 Å². The first-order valence-electron chi connectivity index (χ1n) is 6.19. The van der Waals surface area contributed by atoms with Gasteiger partial charge in [-0.2, -0.15) is 0 Å². The second-order valence-electron chi connectivity index (χ2n) is 4.24. The summed E-state index contributed by atoms with van der Waals surface area (Å²) in [7, 11) is 0. The average Bonchev–Trinajstić information content (AvgIpc) is 2.82. The molecule has 0 fully saturated rings. The zero-order valence-corrected chi connectivity index (χ0v) is 10.9. The Morgan fingerprint density at radius 3 is 2.74 bits per heavy atom. The predicted octanol–water partition coefficient (Wildman–Crippen LogP) is 1.69. The SMILES string of the molecule is CCNC(=O)[C@H](C)NC(=O)c1cc2ccccc2o1. The molecule has 5 nitrogen and oxygen atoms in total. The summed E-state index contributed by atoms with van der Waals surface area (Å²) in [6.45, 7) is 3.99. The maximum atomic E-state index is 11.9.